The molecule has 0 spiro atoms. The number of amides is 1. The average molecular weight is 361 g/mol. The first-order valence-electron chi connectivity index (χ1n) is 8.46. The van der Waals surface area contributed by atoms with E-state index in [2.05, 4.69) is 29.4 Å². The molecule has 0 bridgehead atoms. The van der Waals surface area contributed by atoms with Crippen LogP contribution in [-0.2, 0) is 4.79 Å². The van der Waals surface area contributed by atoms with E-state index in [1.807, 2.05) is 6.92 Å². The molecule has 134 valence electrons. The summed E-state index contributed by atoms with van der Waals surface area (Å²) in [4.78, 5) is 23.5. The molecule has 0 aliphatic carbocycles. The molecule has 0 aliphatic rings. The Bertz CT molecular complexity index is 709. The first kappa shape index (κ1) is 19.1. The van der Waals surface area contributed by atoms with E-state index in [4.69, 9.17) is 4.74 Å². The van der Waals surface area contributed by atoms with Crippen molar-refractivity contribution in [3.8, 4) is 5.75 Å². The largest absolute Gasteiger partial charge is 0.484 e. The van der Waals surface area contributed by atoms with Crippen molar-refractivity contribution < 1.29 is 14.3 Å². The number of Topliss-reactive ketones (excluding diaryl/α,β-unsaturated/α-hetero) is 1. The Morgan fingerprint density at radius 2 is 1.80 bits per heavy atom. The van der Waals surface area contributed by atoms with Crippen molar-refractivity contribution in [2.75, 3.05) is 11.9 Å². The van der Waals surface area contributed by atoms with Crippen molar-refractivity contribution in [3.63, 3.8) is 0 Å². The van der Waals surface area contributed by atoms with Crippen molar-refractivity contribution >= 4 is 28.2 Å². The van der Waals surface area contributed by atoms with Crippen LogP contribution in [0.15, 0.2) is 24.3 Å². The summed E-state index contributed by atoms with van der Waals surface area (Å²) in [6.07, 6.45) is 2.46. The molecule has 0 saturated heterocycles. The van der Waals surface area contributed by atoms with Gasteiger partial charge in [-0.15, -0.1) is 10.2 Å². The van der Waals surface area contributed by atoms with Gasteiger partial charge in [0.15, 0.2) is 12.4 Å². The molecule has 1 amide bonds. The monoisotopic (exact) mass is 361 g/mol. The standard InChI is InChI=1S/C18H23N3O3S/c1-4-12(5-2)17-20-21-18(25-17)19-16(23)11-24-14-9-7-13(8-10-14)15(22)6-3/h7-10,12H,4-6,11H2,1-3H3,(H,19,21,23). The molecule has 6 nitrogen and oxygen atoms in total. The molecule has 2 aromatic rings. The number of carbonyl (C=O) groups is 2. The third kappa shape index (κ3) is 5.35. The van der Waals surface area contributed by atoms with Crippen LogP contribution < -0.4 is 10.1 Å². The summed E-state index contributed by atoms with van der Waals surface area (Å²) < 4.78 is 5.44. The number of benzene rings is 1. The zero-order chi connectivity index (χ0) is 18.2. The maximum atomic E-state index is 12.0. The molecule has 0 unspecified atom stereocenters. The van der Waals surface area contributed by atoms with Gasteiger partial charge in [0, 0.05) is 17.9 Å². The number of nitrogens with zero attached hydrogens (tertiary/aromatic N) is 2. The number of rotatable bonds is 9. The summed E-state index contributed by atoms with van der Waals surface area (Å²) in [7, 11) is 0. The lowest BCUT2D eigenvalue weighted by molar-refractivity contribution is -0.118. The normalized spacial score (nSPS) is 10.7. The summed E-state index contributed by atoms with van der Waals surface area (Å²) in [6.45, 7) is 5.92. The van der Waals surface area contributed by atoms with E-state index >= 15 is 0 Å². The highest BCUT2D eigenvalue weighted by Crippen LogP contribution is 2.27. The minimum atomic E-state index is -0.291. The SMILES string of the molecule is CCC(=O)c1ccc(OCC(=O)Nc2nnc(C(CC)CC)s2)cc1. The quantitative estimate of drug-likeness (QED) is 0.681. The van der Waals surface area contributed by atoms with Gasteiger partial charge in [-0.2, -0.15) is 0 Å². The van der Waals surface area contributed by atoms with Gasteiger partial charge in [-0.1, -0.05) is 32.1 Å². The second-order valence-corrected chi connectivity index (χ2v) is 6.61. The van der Waals surface area contributed by atoms with Crippen LogP contribution in [0, 0.1) is 0 Å². The number of carbonyl (C=O) groups excluding carboxylic acids is 2. The molecule has 0 saturated carbocycles. The molecule has 1 N–H and O–H groups in total. The van der Waals surface area contributed by atoms with Gasteiger partial charge in [-0.25, -0.2) is 0 Å². The molecule has 0 fully saturated rings. The van der Waals surface area contributed by atoms with Gasteiger partial charge in [0.05, 0.1) is 0 Å². The predicted molar refractivity (Wildman–Crippen MR) is 98.4 cm³/mol. The Hall–Kier alpha value is -2.28. The van der Waals surface area contributed by atoms with Crippen molar-refractivity contribution in [1.29, 1.82) is 0 Å². The molecular formula is C18H23N3O3S. The highest BCUT2D eigenvalue weighted by atomic mass is 32.1. The van der Waals surface area contributed by atoms with Crippen molar-refractivity contribution in [2.45, 2.75) is 46.0 Å². The molecule has 1 heterocycles. The predicted octanol–water partition coefficient (Wildman–Crippen LogP) is 4.05. The van der Waals surface area contributed by atoms with E-state index in [1.165, 1.54) is 11.3 Å². The van der Waals surface area contributed by atoms with Crippen LogP contribution in [0.5, 0.6) is 5.75 Å². The number of anilines is 1. The van der Waals surface area contributed by atoms with Crippen LogP contribution in [0.4, 0.5) is 5.13 Å². The number of aromatic nitrogens is 2. The van der Waals surface area contributed by atoms with E-state index in [0.29, 0.717) is 28.8 Å². The minimum Gasteiger partial charge on any atom is -0.484 e. The van der Waals surface area contributed by atoms with E-state index in [1.54, 1.807) is 24.3 Å². The maximum Gasteiger partial charge on any atom is 0.264 e. The summed E-state index contributed by atoms with van der Waals surface area (Å²) in [6, 6.07) is 6.77. The first-order chi connectivity index (χ1) is 12.1. The molecular weight excluding hydrogens is 338 g/mol. The number of hydrogen-bond donors (Lipinski definition) is 1. The Morgan fingerprint density at radius 1 is 1.12 bits per heavy atom. The fourth-order valence-electron chi connectivity index (χ4n) is 2.33. The van der Waals surface area contributed by atoms with Crippen LogP contribution >= 0.6 is 11.3 Å². The Morgan fingerprint density at radius 3 is 2.40 bits per heavy atom. The average Bonchev–Trinajstić information content (AvgIpc) is 3.09. The molecule has 0 aliphatic heterocycles. The molecule has 1 aromatic carbocycles. The lowest BCUT2D eigenvalue weighted by atomic mass is 10.1. The lowest BCUT2D eigenvalue weighted by Gasteiger charge is -2.07. The van der Waals surface area contributed by atoms with E-state index in [0.717, 1.165) is 17.8 Å². The van der Waals surface area contributed by atoms with E-state index in [9.17, 15) is 9.59 Å². The van der Waals surface area contributed by atoms with E-state index < -0.39 is 0 Å². The number of ketones is 1. The fourth-order valence-corrected chi connectivity index (χ4v) is 3.36. The molecule has 0 atom stereocenters. The smallest absolute Gasteiger partial charge is 0.264 e. The van der Waals surface area contributed by atoms with Crippen LogP contribution in [-0.4, -0.2) is 28.5 Å². The molecule has 1 aromatic heterocycles. The Balaban J connectivity index is 1.85. The van der Waals surface area contributed by atoms with Gasteiger partial charge >= 0.3 is 0 Å². The van der Waals surface area contributed by atoms with Gasteiger partial charge in [0.1, 0.15) is 10.8 Å². The molecule has 7 heteroatoms. The van der Waals surface area contributed by atoms with E-state index in [-0.39, 0.29) is 18.3 Å². The Kier molecular flexibility index (Phi) is 7.06. The van der Waals surface area contributed by atoms with Gasteiger partial charge in [-0.05, 0) is 37.1 Å². The number of ether oxygens (including phenoxy) is 1. The van der Waals surface area contributed by atoms with Gasteiger partial charge in [-0.3, -0.25) is 14.9 Å². The highest BCUT2D eigenvalue weighted by Gasteiger charge is 2.14. The van der Waals surface area contributed by atoms with Gasteiger partial charge in [0.25, 0.3) is 5.91 Å². The number of hydrogen-bond acceptors (Lipinski definition) is 6. The molecule has 2 rings (SSSR count). The van der Waals surface area contributed by atoms with Crippen molar-refractivity contribution in [2.24, 2.45) is 0 Å². The molecule has 25 heavy (non-hydrogen) atoms. The maximum absolute atomic E-state index is 12.0. The lowest BCUT2D eigenvalue weighted by Crippen LogP contribution is -2.20. The van der Waals surface area contributed by atoms with Gasteiger partial charge < -0.3 is 4.74 Å². The van der Waals surface area contributed by atoms with Crippen molar-refractivity contribution in [3.05, 3.63) is 34.8 Å². The van der Waals surface area contributed by atoms with Crippen LogP contribution in [0.25, 0.3) is 0 Å². The Labute approximate surface area is 151 Å². The minimum absolute atomic E-state index is 0.0776. The summed E-state index contributed by atoms with van der Waals surface area (Å²) in [5.41, 5.74) is 0.641. The highest BCUT2D eigenvalue weighted by molar-refractivity contribution is 7.15. The third-order valence-corrected chi connectivity index (χ3v) is 4.89. The number of nitrogens with one attached hydrogen (secondary N) is 1. The topological polar surface area (TPSA) is 81.2 Å². The summed E-state index contributed by atoms with van der Waals surface area (Å²) in [5, 5.41) is 12.3. The van der Waals surface area contributed by atoms with Crippen LogP contribution in [0.2, 0.25) is 0 Å². The van der Waals surface area contributed by atoms with Crippen LogP contribution in [0.1, 0.15) is 61.3 Å². The second-order valence-electron chi connectivity index (χ2n) is 5.60. The first-order valence-corrected chi connectivity index (χ1v) is 9.28. The summed E-state index contributed by atoms with van der Waals surface area (Å²) >= 11 is 1.40. The molecule has 0 radical (unpaired) electrons. The fraction of sp³-hybridized carbons (Fsp3) is 0.444. The summed E-state index contributed by atoms with van der Waals surface area (Å²) in [5.74, 6) is 0.705. The van der Waals surface area contributed by atoms with Crippen LogP contribution in [0.3, 0.4) is 0 Å². The second kappa shape index (κ2) is 9.27. The van der Waals surface area contributed by atoms with Gasteiger partial charge in [0.2, 0.25) is 5.13 Å². The third-order valence-electron chi connectivity index (χ3n) is 3.89. The zero-order valence-corrected chi connectivity index (χ0v) is 15.6. The zero-order valence-electron chi connectivity index (χ0n) is 14.7. The van der Waals surface area contributed by atoms with Crippen molar-refractivity contribution in [1.82, 2.24) is 10.2 Å².